The van der Waals surface area contributed by atoms with Crippen LogP contribution in [0.2, 0.25) is 0 Å². The molecule has 1 aromatic carbocycles. The van der Waals surface area contributed by atoms with Crippen LogP contribution in [0.5, 0.6) is 0 Å². The Kier molecular flexibility index (Phi) is 10.2. The second-order valence-electron chi connectivity index (χ2n) is 6.30. The summed E-state index contributed by atoms with van der Waals surface area (Å²) in [6.45, 7) is 2.88. The maximum Gasteiger partial charge on any atom is 0.221 e. The van der Waals surface area contributed by atoms with Gasteiger partial charge in [0.1, 0.15) is 0 Å². The molecule has 0 radical (unpaired) electrons. The fourth-order valence-corrected chi connectivity index (χ4v) is 4.11. The highest BCUT2D eigenvalue weighted by Gasteiger charge is 2.24. The summed E-state index contributed by atoms with van der Waals surface area (Å²) in [5.41, 5.74) is 7.15. The fraction of sp³-hybridized carbons (Fsp3) is 0.421. The van der Waals surface area contributed by atoms with Crippen LogP contribution in [-0.4, -0.2) is 30.4 Å². The Balaban J connectivity index is 0.00000169. The van der Waals surface area contributed by atoms with Gasteiger partial charge in [-0.1, -0.05) is 36.4 Å². The quantitative estimate of drug-likeness (QED) is 0.719. The lowest BCUT2D eigenvalue weighted by molar-refractivity contribution is -0.121. The van der Waals surface area contributed by atoms with E-state index >= 15 is 0 Å². The zero-order valence-corrected chi connectivity index (χ0v) is 17.1. The number of thiophene rings is 1. The van der Waals surface area contributed by atoms with Crippen LogP contribution in [0.15, 0.2) is 47.8 Å². The molecule has 3 N–H and O–H groups in total. The van der Waals surface area contributed by atoms with Crippen molar-refractivity contribution in [2.24, 2.45) is 5.73 Å². The monoisotopic (exact) mass is 415 g/mol. The molecule has 1 aliphatic rings. The first-order valence-electron chi connectivity index (χ1n) is 8.58. The normalized spacial score (nSPS) is 16.2. The molecule has 0 bridgehead atoms. The minimum atomic E-state index is -0.252. The minimum absolute atomic E-state index is 0. The molecular weight excluding hydrogens is 389 g/mol. The molecule has 2 aromatic rings. The zero-order valence-electron chi connectivity index (χ0n) is 14.7. The second kappa shape index (κ2) is 11.6. The van der Waals surface area contributed by atoms with Crippen LogP contribution in [0.4, 0.5) is 0 Å². The number of nitrogens with one attached hydrogen (secondary N) is 1. The fourth-order valence-electron chi connectivity index (χ4n) is 3.24. The Labute approximate surface area is 172 Å². The van der Waals surface area contributed by atoms with Crippen molar-refractivity contribution in [1.82, 2.24) is 10.2 Å². The van der Waals surface area contributed by atoms with E-state index in [2.05, 4.69) is 27.7 Å². The van der Waals surface area contributed by atoms with Gasteiger partial charge in [-0.2, -0.15) is 0 Å². The second-order valence-corrected chi connectivity index (χ2v) is 7.28. The van der Waals surface area contributed by atoms with Crippen LogP contribution >= 0.6 is 36.2 Å². The van der Waals surface area contributed by atoms with E-state index in [0.29, 0.717) is 13.0 Å². The van der Waals surface area contributed by atoms with Crippen molar-refractivity contribution in [3.8, 4) is 0 Å². The number of nitrogens with two attached hydrogens (primary N) is 1. The molecule has 0 aliphatic carbocycles. The molecule has 1 fully saturated rings. The number of likely N-dealkylation sites (tertiary alicyclic amines) is 1. The van der Waals surface area contributed by atoms with E-state index in [1.54, 1.807) is 11.3 Å². The van der Waals surface area contributed by atoms with Gasteiger partial charge in [-0.25, -0.2) is 0 Å². The van der Waals surface area contributed by atoms with Crippen molar-refractivity contribution in [3.63, 3.8) is 0 Å². The van der Waals surface area contributed by atoms with Crippen LogP contribution in [0.3, 0.4) is 0 Å². The molecule has 1 saturated heterocycles. The summed E-state index contributed by atoms with van der Waals surface area (Å²) in [7, 11) is 0. The Hall–Kier alpha value is -1.11. The number of nitrogens with zero attached hydrogens (tertiary/aromatic N) is 1. The highest BCUT2D eigenvalue weighted by Crippen LogP contribution is 2.27. The van der Waals surface area contributed by atoms with Gasteiger partial charge in [-0.15, -0.1) is 36.2 Å². The van der Waals surface area contributed by atoms with Gasteiger partial charge in [-0.05, 0) is 42.9 Å². The third kappa shape index (κ3) is 6.25. The molecule has 4 nitrogen and oxygen atoms in total. The average Bonchev–Trinajstić information content (AvgIpc) is 3.30. The molecule has 1 aliphatic heterocycles. The SMILES string of the molecule is Cl.Cl.NC(CC(=O)NCC(c1cccs1)N1CCCC1)c1ccccc1. The van der Waals surface area contributed by atoms with Crippen LogP contribution in [0, 0.1) is 0 Å². The molecule has 0 saturated carbocycles. The molecule has 2 heterocycles. The lowest BCUT2D eigenvalue weighted by atomic mass is 10.0. The van der Waals surface area contributed by atoms with Crippen LogP contribution in [-0.2, 0) is 4.79 Å². The van der Waals surface area contributed by atoms with Gasteiger partial charge >= 0.3 is 0 Å². The van der Waals surface area contributed by atoms with E-state index in [1.165, 1.54) is 17.7 Å². The minimum Gasteiger partial charge on any atom is -0.354 e. The zero-order chi connectivity index (χ0) is 16.8. The lowest BCUT2D eigenvalue weighted by Crippen LogP contribution is -2.37. The summed E-state index contributed by atoms with van der Waals surface area (Å²) in [4.78, 5) is 16.1. The Morgan fingerprint density at radius 2 is 1.81 bits per heavy atom. The Bertz CT molecular complexity index is 633. The maximum atomic E-state index is 12.3. The van der Waals surface area contributed by atoms with Gasteiger partial charge in [0, 0.05) is 23.9 Å². The van der Waals surface area contributed by atoms with Crippen molar-refractivity contribution >= 4 is 42.1 Å². The van der Waals surface area contributed by atoms with Crippen molar-refractivity contribution in [1.29, 1.82) is 0 Å². The number of rotatable bonds is 7. The third-order valence-electron chi connectivity index (χ3n) is 4.58. The molecular formula is C19H27Cl2N3OS. The van der Waals surface area contributed by atoms with Crippen molar-refractivity contribution < 1.29 is 4.79 Å². The molecule has 26 heavy (non-hydrogen) atoms. The average molecular weight is 416 g/mol. The first-order chi connectivity index (χ1) is 11.7. The van der Waals surface area contributed by atoms with Gasteiger partial charge in [0.25, 0.3) is 0 Å². The summed E-state index contributed by atoms with van der Waals surface area (Å²) in [5.74, 6) is 0.0205. The lowest BCUT2D eigenvalue weighted by Gasteiger charge is -2.27. The van der Waals surface area contributed by atoms with Crippen LogP contribution in [0.1, 0.15) is 41.8 Å². The first-order valence-corrected chi connectivity index (χ1v) is 9.46. The number of hydrogen-bond donors (Lipinski definition) is 2. The number of halogens is 2. The smallest absolute Gasteiger partial charge is 0.221 e. The maximum absolute atomic E-state index is 12.3. The molecule has 7 heteroatoms. The predicted octanol–water partition coefficient (Wildman–Crippen LogP) is 3.93. The van der Waals surface area contributed by atoms with Gasteiger partial charge < -0.3 is 11.1 Å². The Morgan fingerprint density at radius 3 is 2.42 bits per heavy atom. The summed E-state index contributed by atoms with van der Waals surface area (Å²) in [5, 5.41) is 5.20. The molecule has 1 amide bonds. The van der Waals surface area contributed by atoms with E-state index in [-0.39, 0.29) is 42.8 Å². The van der Waals surface area contributed by atoms with Gasteiger partial charge in [0.05, 0.1) is 6.04 Å². The first kappa shape index (κ1) is 22.9. The van der Waals surface area contributed by atoms with Crippen LogP contribution < -0.4 is 11.1 Å². The highest BCUT2D eigenvalue weighted by molar-refractivity contribution is 7.10. The molecule has 2 unspecified atom stereocenters. The van der Waals surface area contributed by atoms with Gasteiger partial charge in [0.15, 0.2) is 0 Å². The van der Waals surface area contributed by atoms with Crippen molar-refractivity contribution in [2.75, 3.05) is 19.6 Å². The summed E-state index contributed by atoms with van der Waals surface area (Å²) < 4.78 is 0. The standard InChI is InChI=1S/C19H25N3OS.2ClH/c20-16(15-7-2-1-3-8-15)13-19(23)21-14-17(18-9-6-12-24-18)22-10-4-5-11-22;;/h1-3,6-9,12,16-17H,4-5,10-11,13-14,20H2,(H,21,23);2*1H. The van der Waals surface area contributed by atoms with Gasteiger partial charge in [-0.3, -0.25) is 9.69 Å². The molecule has 3 rings (SSSR count). The van der Waals surface area contributed by atoms with E-state index in [9.17, 15) is 4.79 Å². The van der Waals surface area contributed by atoms with E-state index in [4.69, 9.17) is 5.73 Å². The summed E-state index contributed by atoms with van der Waals surface area (Å²) >= 11 is 1.76. The molecule has 2 atom stereocenters. The molecule has 144 valence electrons. The van der Waals surface area contributed by atoms with Gasteiger partial charge in [0.2, 0.25) is 5.91 Å². The third-order valence-corrected chi connectivity index (χ3v) is 5.55. The predicted molar refractivity (Wildman–Crippen MR) is 113 cm³/mol. The number of carbonyl (C=O) groups is 1. The molecule has 1 aromatic heterocycles. The van der Waals surface area contributed by atoms with Crippen LogP contribution in [0.25, 0.3) is 0 Å². The topological polar surface area (TPSA) is 58.4 Å². The van der Waals surface area contributed by atoms with E-state index < -0.39 is 0 Å². The summed E-state index contributed by atoms with van der Waals surface area (Å²) in [6.07, 6.45) is 2.81. The largest absolute Gasteiger partial charge is 0.354 e. The Morgan fingerprint density at radius 1 is 1.12 bits per heavy atom. The van der Waals surface area contributed by atoms with E-state index in [0.717, 1.165) is 18.7 Å². The van der Waals surface area contributed by atoms with Crippen molar-refractivity contribution in [3.05, 3.63) is 58.3 Å². The number of carbonyl (C=O) groups excluding carboxylic acids is 1. The summed E-state index contributed by atoms with van der Waals surface area (Å²) in [6, 6.07) is 14.1. The molecule has 0 spiro atoms. The number of amides is 1. The van der Waals surface area contributed by atoms with E-state index in [1.807, 2.05) is 30.3 Å². The number of benzene rings is 1. The highest BCUT2D eigenvalue weighted by atomic mass is 35.5. The number of hydrogen-bond acceptors (Lipinski definition) is 4. The van der Waals surface area contributed by atoms with Crippen molar-refractivity contribution in [2.45, 2.75) is 31.3 Å².